The quantitative estimate of drug-likeness (QED) is 0.591. The molecule has 1 aromatic rings. The zero-order valence-corrected chi connectivity index (χ0v) is 12.8. The second-order valence-corrected chi connectivity index (χ2v) is 5.19. The van der Waals surface area contributed by atoms with Crippen LogP contribution in [0.15, 0.2) is 24.0 Å². The molecule has 1 heterocycles. The lowest BCUT2D eigenvalue weighted by Crippen LogP contribution is -1.99. The van der Waals surface area contributed by atoms with Gasteiger partial charge in [0.25, 0.3) is 0 Å². The summed E-state index contributed by atoms with van der Waals surface area (Å²) in [6.07, 6.45) is 15.6. The van der Waals surface area contributed by atoms with Crippen molar-refractivity contribution in [2.24, 2.45) is 0 Å². The average Bonchev–Trinajstić information content (AvgIpc) is 2.44. The Morgan fingerprint density at radius 2 is 1.79 bits per heavy atom. The van der Waals surface area contributed by atoms with Gasteiger partial charge in [-0.3, -0.25) is 0 Å². The molecular formula is C17H28N2. The van der Waals surface area contributed by atoms with Crippen molar-refractivity contribution in [1.29, 1.82) is 0 Å². The third-order valence-corrected chi connectivity index (χ3v) is 3.26. The molecule has 0 saturated carbocycles. The molecule has 0 bridgehead atoms. The van der Waals surface area contributed by atoms with Crippen molar-refractivity contribution in [2.75, 3.05) is 0 Å². The highest BCUT2D eigenvalue weighted by Crippen LogP contribution is 2.12. The summed E-state index contributed by atoms with van der Waals surface area (Å²) in [6, 6.07) is 0. The lowest BCUT2D eigenvalue weighted by molar-refractivity contribution is 0.777. The molecule has 0 aromatic carbocycles. The van der Waals surface area contributed by atoms with E-state index in [0.717, 1.165) is 18.7 Å². The smallest absolute Gasteiger partial charge is 0.132 e. The minimum absolute atomic E-state index is 0.919. The summed E-state index contributed by atoms with van der Waals surface area (Å²) < 4.78 is 0. The molecule has 0 unspecified atom stereocenters. The number of aryl methyl sites for hydroxylation is 1. The molecule has 0 aliphatic carbocycles. The number of aromatic nitrogens is 2. The lowest BCUT2D eigenvalue weighted by atomic mass is 10.0. The molecule has 1 aromatic heterocycles. The lowest BCUT2D eigenvalue weighted by Gasteiger charge is -2.06. The second kappa shape index (κ2) is 9.71. The highest BCUT2D eigenvalue weighted by molar-refractivity contribution is 5.12. The summed E-state index contributed by atoms with van der Waals surface area (Å²) in [6.45, 7) is 6.67. The number of unbranched alkanes of at least 4 members (excludes halogenated alkanes) is 2. The van der Waals surface area contributed by atoms with Gasteiger partial charge >= 0.3 is 0 Å². The molecule has 1 rings (SSSR count). The zero-order valence-electron chi connectivity index (χ0n) is 12.8. The van der Waals surface area contributed by atoms with Gasteiger partial charge in [0.1, 0.15) is 5.82 Å². The Hall–Kier alpha value is -1.18. The monoisotopic (exact) mass is 260 g/mol. The summed E-state index contributed by atoms with van der Waals surface area (Å²) in [5.74, 6) is 0.969. The fraction of sp³-hybridized carbons (Fsp3) is 0.647. The predicted octanol–water partition coefficient (Wildman–Crippen LogP) is 4.89. The van der Waals surface area contributed by atoms with Crippen molar-refractivity contribution in [2.45, 2.75) is 72.1 Å². The molecule has 2 heteroatoms. The van der Waals surface area contributed by atoms with Crippen molar-refractivity contribution in [1.82, 2.24) is 9.97 Å². The molecule has 19 heavy (non-hydrogen) atoms. The summed E-state index contributed by atoms with van der Waals surface area (Å²) in [5.41, 5.74) is 2.76. The van der Waals surface area contributed by atoms with E-state index in [9.17, 15) is 0 Å². The van der Waals surface area contributed by atoms with Gasteiger partial charge in [-0.05, 0) is 31.2 Å². The minimum Gasteiger partial charge on any atom is -0.241 e. The van der Waals surface area contributed by atoms with Gasteiger partial charge < -0.3 is 0 Å². The molecular weight excluding hydrogens is 232 g/mol. The van der Waals surface area contributed by atoms with Crippen molar-refractivity contribution < 1.29 is 0 Å². The SMILES string of the molecule is CCC/C=C(\CCC)Cc1ncc(CCCC)cn1. The van der Waals surface area contributed by atoms with Crippen LogP contribution < -0.4 is 0 Å². The maximum atomic E-state index is 4.51. The fourth-order valence-corrected chi connectivity index (χ4v) is 2.12. The first kappa shape index (κ1) is 15.9. The zero-order chi connectivity index (χ0) is 13.9. The highest BCUT2D eigenvalue weighted by atomic mass is 14.9. The van der Waals surface area contributed by atoms with Crippen LogP contribution in [0.3, 0.4) is 0 Å². The van der Waals surface area contributed by atoms with Gasteiger partial charge in [0.05, 0.1) is 0 Å². The van der Waals surface area contributed by atoms with E-state index in [4.69, 9.17) is 0 Å². The van der Waals surface area contributed by atoms with Crippen LogP contribution in [0.2, 0.25) is 0 Å². The minimum atomic E-state index is 0.919. The van der Waals surface area contributed by atoms with Crippen molar-refractivity contribution in [3.63, 3.8) is 0 Å². The first-order valence-corrected chi connectivity index (χ1v) is 7.77. The van der Waals surface area contributed by atoms with Crippen LogP contribution in [-0.2, 0) is 12.8 Å². The topological polar surface area (TPSA) is 25.8 Å². The van der Waals surface area contributed by atoms with Gasteiger partial charge in [0.15, 0.2) is 0 Å². The number of rotatable bonds is 9. The van der Waals surface area contributed by atoms with E-state index in [1.807, 2.05) is 12.4 Å². The summed E-state index contributed by atoms with van der Waals surface area (Å²) in [5, 5.41) is 0. The third-order valence-electron chi connectivity index (χ3n) is 3.26. The third kappa shape index (κ3) is 6.51. The van der Waals surface area contributed by atoms with Crippen LogP contribution >= 0.6 is 0 Å². The number of allylic oxidation sites excluding steroid dienone is 2. The highest BCUT2D eigenvalue weighted by Gasteiger charge is 2.02. The summed E-state index contributed by atoms with van der Waals surface area (Å²) in [7, 11) is 0. The molecule has 0 spiro atoms. The van der Waals surface area contributed by atoms with Gasteiger partial charge in [0, 0.05) is 18.8 Å². The van der Waals surface area contributed by atoms with E-state index in [-0.39, 0.29) is 0 Å². The first-order valence-electron chi connectivity index (χ1n) is 7.77. The Labute approximate surface area is 118 Å². The van der Waals surface area contributed by atoms with E-state index in [1.165, 1.54) is 49.7 Å². The summed E-state index contributed by atoms with van der Waals surface area (Å²) in [4.78, 5) is 9.02. The average molecular weight is 260 g/mol. The van der Waals surface area contributed by atoms with Gasteiger partial charge in [-0.15, -0.1) is 0 Å². The Kier molecular flexibility index (Phi) is 8.11. The maximum absolute atomic E-state index is 4.51. The van der Waals surface area contributed by atoms with E-state index in [2.05, 4.69) is 36.8 Å². The Bertz CT molecular complexity index is 365. The molecule has 2 nitrogen and oxygen atoms in total. The summed E-state index contributed by atoms with van der Waals surface area (Å²) >= 11 is 0. The molecule has 0 fully saturated rings. The fourth-order valence-electron chi connectivity index (χ4n) is 2.12. The molecule has 0 atom stereocenters. The van der Waals surface area contributed by atoms with E-state index < -0.39 is 0 Å². The predicted molar refractivity (Wildman–Crippen MR) is 82.2 cm³/mol. The normalized spacial score (nSPS) is 11.8. The number of hydrogen-bond donors (Lipinski definition) is 0. The van der Waals surface area contributed by atoms with Gasteiger partial charge in [0.2, 0.25) is 0 Å². The van der Waals surface area contributed by atoms with Gasteiger partial charge in [-0.1, -0.05) is 51.7 Å². The maximum Gasteiger partial charge on any atom is 0.132 e. The van der Waals surface area contributed by atoms with Crippen LogP contribution in [0, 0.1) is 0 Å². The van der Waals surface area contributed by atoms with Crippen LogP contribution in [0.5, 0.6) is 0 Å². The van der Waals surface area contributed by atoms with Gasteiger partial charge in [-0.2, -0.15) is 0 Å². The Morgan fingerprint density at radius 1 is 1.05 bits per heavy atom. The molecule has 0 amide bonds. The molecule has 0 aliphatic heterocycles. The molecule has 0 N–H and O–H groups in total. The van der Waals surface area contributed by atoms with E-state index >= 15 is 0 Å². The Morgan fingerprint density at radius 3 is 2.37 bits per heavy atom. The van der Waals surface area contributed by atoms with E-state index in [0.29, 0.717) is 0 Å². The second-order valence-electron chi connectivity index (χ2n) is 5.19. The Balaban J connectivity index is 2.58. The van der Waals surface area contributed by atoms with Crippen molar-refractivity contribution in [3.8, 4) is 0 Å². The van der Waals surface area contributed by atoms with Crippen LogP contribution in [0.25, 0.3) is 0 Å². The number of hydrogen-bond acceptors (Lipinski definition) is 2. The standard InChI is InChI=1S/C17H28N2/c1-4-7-10-15(9-6-3)12-17-18-13-16(14-19-17)11-8-5-2/h10,13-14H,4-9,11-12H2,1-3H3/b15-10+. The van der Waals surface area contributed by atoms with Crippen LogP contribution in [0.4, 0.5) is 0 Å². The van der Waals surface area contributed by atoms with Gasteiger partial charge in [-0.25, -0.2) is 9.97 Å². The largest absolute Gasteiger partial charge is 0.241 e. The van der Waals surface area contributed by atoms with Crippen molar-refractivity contribution in [3.05, 3.63) is 35.4 Å². The van der Waals surface area contributed by atoms with Crippen LogP contribution in [0.1, 0.15) is 70.7 Å². The molecule has 106 valence electrons. The van der Waals surface area contributed by atoms with Crippen LogP contribution in [-0.4, -0.2) is 9.97 Å². The number of nitrogens with zero attached hydrogens (tertiary/aromatic N) is 2. The van der Waals surface area contributed by atoms with E-state index in [1.54, 1.807) is 0 Å². The molecule has 0 saturated heterocycles. The first-order chi connectivity index (χ1) is 9.30. The van der Waals surface area contributed by atoms with Crippen molar-refractivity contribution >= 4 is 0 Å². The molecule has 0 radical (unpaired) electrons. The molecule has 0 aliphatic rings.